The van der Waals surface area contributed by atoms with Crippen molar-refractivity contribution in [3.63, 3.8) is 0 Å². The third kappa shape index (κ3) is 4.03. The van der Waals surface area contributed by atoms with Crippen LogP contribution in [0, 0.1) is 5.92 Å². The minimum absolute atomic E-state index is 0.00809. The summed E-state index contributed by atoms with van der Waals surface area (Å²) in [6, 6.07) is 5.53. The van der Waals surface area contributed by atoms with Crippen LogP contribution in [-0.4, -0.2) is 38.8 Å². The van der Waals surface area contributed by atoms with Crippen molar-refractivity contribution in [3.8, 4) is 0 Å². The normalized spacial score (nSPS) is 15.4. The molecule has 3 rings (SSSR count). The van der Waals surface area contributed by atoms with E-state index in [4.69, 9.17) is 0 Å². The molecule has 1 aliphatic rings. The molecular weight excluding hydrogens is 290 g/mol. The SMILES string of the molecule is CC1CCN(C(=O)c2ccnc(NCc3ccncc3)n2)CC1. The van der Waals surface area contributed by atoms with Gasteiger partial charge < -0.3 is 10.2 Å². The number of hydrogen-bond acceptors (Lipinski definition) is 5. The summed E-state index contributed by atoms with van der Waals surface area (Å²) in [5.41, 5.74) is 1.54. The van der Waals surface area contributed by atoms with E-state index in [0.29, 0.717) is 24.1 Å². The monoisotopic (exact) mass is 311 g/mol. The van der Waals surface area contributed by atoms with Crippen molar-refractivity contribution in [1.82, 2.24) is 19.9 Å². The summed E-state index contributed by atoms with van der Waals surface area (Å²) in [6.07, 6.45) is 7.24. The summed E-state index contributed by atoms with van der Waals surface area (Å²) >= 11 is 0. The molecule has 1 amide bonds. The summed E-state index contributed by atoms with van der Waals surface area (Å²) in [6.45, 7) is 4.45. The Morgan fingerprint density at radius 2 is 1.96 bits per heavy atom. The first-order valence-electron chi connectivity index (χ1n) is 7.97. The van der Waals surface area contributed by atoms with Gasteiger partial charge in [-0.25, -0.2) is 9.97 Å². The molecule has 6 heteroatoms. The highest BCUT2D eigenvalue weighted by Gasteiger charge is 2.22. The van der Waals surface area contributed by atoms with E-state index in [-0.39, 0.29) is 5.91 Å². The molecule has 0 aliphatic carbocycles. The maximum Gasteiger partial charge on any atom is 0.272 e. The number of nitrogens with zero attached hydrogens (tertiary/aromatic N) is 4. The fraction of sp³-hybridized carbons (Fsp3) is 0.412. The second-order valence-corrected chi connectivity index (χ2v) is 5.95. The number of amides is 1. The number of pyridine rings is 1. The second kappa shape index (κ2) is 7.17. The zero-order valence-corrected chi connectivity index (χ0v) is 13.3. The number of carbonyl (C=O) groups excluding carboxylic acids is 1. The molecule has 0 bridgehead atoms. The second-order valence-electron chi connectivity index (χ2n) is 5.95. The van der Waals surface area contributed by atoms with Crippen LogP contribution in [0.3, 0.4) is 0 Å². The number of nitrogens with one attached hydrogen (secondary N) is 1. The molecular formula is C17H21N5O. The topological polar surface area (TPSA) is 71.0 Å². The molecule has 0 unspecified atom stereocenters. The molecule has 0 atom stereocenters. The average Bonchev–Trinajstić information content (AvgIpc) is 2.61. The lowest BCUT2D eigenvalue weighted by Crippen LogP contribution is -2.38. The van der Waals surface area contributed by atoms with E-state index in [0.717, 1.165) is 31.5 Å². The lowest BCUT2D eigenvalue weighted by molar-refractivity contribution is 0.0691. The van der Waals surface area contributed by atoms with Gasteiger partial charge in [-0.15, -0.1) is 0 Å². The molecule has 23 heavy (non-hydrogen) atoms. The first-order valence-corrected chi connectivity index (χ1v) is 7.97. The maximum absolute atomic E-state index is 12.5. The number of carbonyl (C=O) groups is 1. The van der Waals surface area contributed by atoms with Crippen molar-refractivity contribution in [2.45, 2.75) is 26.3 Å². The summed E-state index contributed by atoms with van der Waals surface area (Å²) in [4.78, 5) is 26.9. The zero-order chi connectivity index (χ0) is 16.1. The molecule has 1 saturated heterocycles. The number of aromatic nitrogens is 3. The highest BCUT2D eigenvalue weighted by molar-refractivity contribution is 5.92. The van der Waals surface area contributed by atoms with E-state index in [1.54, 1.807) is 24.7 Å². The Morgan fingerprint density at radius 3 is 2.70 bits per heavy atom. The van der Waals surface area contributed by atoms with Crippen LogP contribution < -0.4 is 5.32 Å². The van der Waals surface area contributed by atoms with Gasteiger partial charge in [-0.3, -0.25) is 9.78 Å². The van der Waals surface area contributed by atoms with E-state index in [9.17, 15) is 4.79 Å². The third-order valence-corrected chi connectivity index (χ3v) is 4.15. The van der Waals surface area contributed by atoms with E-state index in [2.05, 4.69) is 27.2 Å². The molecule has 6 nitrogen and oxygen atoms in total. The Balaban J connectivity index is 1.64. The zero-order valence-electron chi connectivity index (χ0n) is 13.3. The fourth-order valence-electron chi connectivity index (χ4n) is 2.62. The van der Waals surface area contributed by atoms with Gasteiger partial charge in [0.05, 0.1) is 0 Å². The number of hydrogen-bond donors (Lipinski definition) is 1. The van der Waals surface area contributed by atoms with Crippen molar-refractivity contribution < 1.29 is 4.79 Å². The Bertz CT molecular complexity index is 653. The molecule has 120 valence electrons. The Labute approximate surface area is 136 Å². The van der Waals surface area contributed by atoms with Gasteiger partial charge in [0.15, 0.2) is 0 Å². The van der Waals surface area contributed by atoms with Crippen LogP contribution in [0.2, 0.25) is 0 Å². The van der Waals surface area contributed by atoms with Gasteiger partial charge in [0.25, 0.3) is 5.91 Å². The van der Waals surface area contributed by atoms with Gasteiger partial charge in [0.1, 0.15) is 5.69 Å². The Kier molecular flexibility index (Phi) is 4.80. The van der Waals surface area contributed by atoms with Crippen LogP contribution in [0.1, 0.15) is 35.8 Å². The summed E-state index contributed by atoms with van der Waals surface area (Å²) in [5, 5.41) is 3.15. The lowest BCUT2D eigenvalue weighted by atomic mass is 9.99. The van der Waals surface area contributed by atoms with Crippen molar-refractivity contribution in [1.29, 1.82) is 0 Å². The van der Waals surface area contributed by atoms with Crippen LogP contribution in [0.4, 0.5) is 5.95 Å². The number of anilines is 1. The predicted octanol–water partition coefficient (Wildman–Crippen LogP) is 2.36. The van der Waals surface area contributed by atoms with Gasteiger partial charge in [0, 0.05) is 38.2 Å². The molecule has 3 heterocycles. The van der Waals surface area contributed by atoms with Gasteiger partial charge >= 0.3 is 0 Å². The summed E-state index contributed by atoms with van der Waals surface area (Å²) < 4.78 is 0. The minimum atomic E-state index is -0.00809. The quantitative estimate of drug-likeness (QED) is 0.938. The first kappa shape index (κ1) is 15.4. The van der Waals surface area contributed by atoms with Crippen LogP contribution in [-0.2, 0) is 6.54 Å². The highest BCUT2D eigenvalue weighted by atomic mass is 16.2. The van der Waals surface area contributed by atoms with Gasteiger partial charge in [-0.2, -0.15) is 0 Å². The maximum atomic E-state index is 12.5. The van der Waals surface area contributed by atoms with Gasteiger partial charge in [-0.05, 0) is 42.5 Å². The van der Waals surface area contributed by atoms with Crippen molar-refractivity contribution in [3.05, 3.63) is 48.0 Å². The van der Waals surface area contributed by atoms with Crippen molar-refractivity contribution >= 4 is 11.9 Å². The van der Waals surface area contributed by atoms with Crippen molar-refractivity contribution in [2.24, 2.45) is 5.92 Å². The van der Waals surface area contributed by atoms with E-state index >= 15 is 0 Å². The van der Waals surface area contributed by atoms with E-state index in [1.807, 2.05) is 17.0 Å². The minimum Gasteiger partial charge on any atom is -0.350 e. The number of rotatable bonds is 4. The van der Waals surface area contributed by atoms with E-state index < -0.39 is 0 Å². The highest BCUT2D eigenvalue weighted by Crippen LogP contribution is 2.17. The van der Waals surface area contributed by atoms with Gasteiger partial charge in [-0.1, -0.05) is 6.92 Å². The standard InChI is InChI=1S/C17H21N5O/c1-13-5-10-22(11-6-13)16(23)15-4-9-19-17(21-15)20-12-14-2-7-18-8-3-14/h2-4,7-9,13H,5-6,10-12H2,1H3,(H,19,20,21). The predicted molar refractivity (Wildman–Crippen MR) is 87.9 cm³/mol. The molecule has 0 aromatic carbocycles. The molecule has 1 aliphatic heterocycles. The molecule has 1 N–H and O–H groups in total. The Morgan fingerprint density at radius 1 is 1.22 bits per heavy atom. The Hall–Kier alpha value is -2.50. The van der Waals surface area contributed by atoms with Crippen LogP contribution in [0.25, 0.3) is 0 Å². The molecule has 1 fully saturated rings. The average molecular weight is 311 g/mol. The fourth-order valence-corrected chi connectivity index (χ4v) is 2.62. The van der Waals surface area contributed by atoms with E-state index in [1.165, 1.54) is 0 Å². The van der Waals surface area contributed by atoms with Gasteiger partial charge in [0.2, 0.25) is 5.95 Å². The van der Waals surface area contributed by atoms with Crippen LogP contribution in [0.15, 0.2) is 36.8 Å². The largest absolute Gasteiger partial charge is 0.350 e. The van der Waals surface area contributed by atoms with Crippen LogP contribution in [0.5, 0.6) is 0 Å². The number of likely N-dealkylation sites (tertiary alicyclic amines) is 1. The molecule has 0 spiro atoms. The molecule has 0 saturated carbocycles. The third-order valence-electron chi connectivity index (χ3n) is 4.15. The smallest absolute Gasteiger partial charge is 0.272 e. The lowest BCUT2D eigenvalue weighted by Gasteiger charge is -2.30. The summed E-state index contributed by atoms with van der Waals surface area (Å²) in [7, 11) is 0. The summed E-state index contributed by atoms with van der Waals surface area (Å²) in [5.74, 6) is 1.16. The molecule has 2 aromatic rings. The van der Waals surface area contributed by atoms with Crippen LogP contribution >= 0.6 is 0 Å². The number of piperidine rings is 1. The van der Waals surface area contributed by atoms with Crippen molar-refractivity contribution in [2.75, 3.05) is 18.4 Å². The first-order chi connectivity index (χ1) is 11.2. The molecule has 2 aromatic heterocycles. The molecule has 0 radical (unpaired) electrons.